The van der Waals surface area contributed by atoms with Crippen molar-refractivity contribution in [2.45, 2.75) is 26.4 Å². The lowest BCUT2D eigenvalue weighted by Gasteiger charge is -2.16. The largest absolute Gasteiger partial charge is 0.481 e. The number of hydrogen-bond acceptors (Lipinski definition) is 2. The van der Waals surface area contributed by atoms with Gasteiger partial charge in [0, 0.05) is 12.3 Å². The van der Waals surface area contributed by atoms with Crippen molar-refractivity contribution in [2.75, 3.05) is 6.16 Å². The lowest BCUT2D eigenvalue weighted by Crippen LogP contribution is -2.15. The summed E-state index contributed by atoms with van der Waals surface area (Å²) in [7, 11) is -3.45. The average Bonchev–Trinajstić information content (AvgIpc) is 2.28. The molecule has 0 radical (unpaired) electrons. The Hall–Kier alpha value is -1.12. The van der Waals surface area contributed by atoms with E-state index in [2.05, 4.69) is 0 Å². The Balaban J connectivity index is 2.82. The van der Waals surface area contributed by atoms with Crippen molar-refractivity contribution in [1.29, 1.82) is 0 Å². The molecule has 2 unspecified atom stereocenters. The Morgan fingerprint density at radius 2 is 1.89 bits per heavy atom. The molecular formula is C13H19O4P. The van der Waals surface area contributed by atoms with Crippen LogP contribution in [0.5, 0.6) is 0 Å². The van der Waals surface area contributed by atoms with Gasteiger partial charge in [-0.3, -0.25) is 9.36 Å². The highest BCUT2D eigenvalue weighted by Crippen LogP contribution is 2.46. The second kappa shape index (κ2) is 6.17. The SMILES string of the molecule is CCc1ccccc1CP(=O)(O)CC(C)C(=O)O. The van der Waals surface area contributed by atoms with Crippen molar-refractivity contribution < 1.29 is 19.4 Å². The van der Waals surface area contributed by atoms with Gasteiger partial charge in [-0.1, -0.05) is 38.1 Å². The van der Waals surface area contributed by atoms with Crippen LogP contribution in [0.15, 0.2) is 24.3 Å². The Bertz CT molecular complexity index is 470. The summed E-state index contributed by atoms with van der Waals surface area (Å²) in [4.78, 5) is 20.6. The highest BCUT2D eigenvalue weighted by molar-refractivity contribution is 7.57. The molecule has 1 aromatic rings. The molecule has 18 heavy (non-hydrogen) atoms. The van der Waals surface area contributed by atoms with Crippen LogP contribution in [-0.4, -0.2) is 22.1 Å². The van der Waals surface area contributed by atoms with E-state index in [1.54, 1.807) is 0 Å². The number of aliphatic carboxylic acids is 1. The topological polar surface area (TPSA) is 74.6 Å². The van der Waals surface area contributed by atoms with E-state index < -0.39 is 19.3 Å². The van der Waals surface area contributed by atoms with Crippen LogP contribution in [-0.2, 0) is 21.9 Å². The molecule has 0 heterocycles. The number of carboxylic acid groups (broad SMARTS) is 1. The first-order chi connectivity index (χ1) is 8.35. The van der Waals surface area contributed by atoms with Crippen molar-refractivity contribution in [3.05, 3.63) is 35.4 Å². The normalized spacial score (nSPS) is 15.9. The molecule has 0 aromatic heterocycles. The van der Waals surface area contributed by atoms with Gasteiger partial charge < -0.3 is 10.00 Å². The summed E-state index contributed by atoms with van der Waals surface area (Å²) in [5.41, 5.74) is 1.87. The van der Waals surface area contributed by atoms with Crippen LogP contribution in [0.25, 0.3) is 0 Å². The van der Waals surface area contributed by atoms with E-state index in [9.17, 15) is 14.3 Å². The van der Waals surface area contributed by atoms with Gasteiger partial charge in [-0.15, -0.1) is 0 Å². The molecule has 5 heteroatoms. The molecule has 1 aromatic carbocycles. The minimum absolute atomic E-state index is 0.0502. The molecule has 100 valence electrons. The van der Waals surface area contributed by atoms with E-state index in [0.717, 1.165) is 17.5 Å². The summed E-state index contributed by atoms with van der Waals surface area (Å²) >= 11 is 0. The molecule has 1 rings (SSSR count). The minimum Gasteiger partial charge on any atom is -0.481 e. The monoisotopic (exact) mass is 270 g/mol. The molecule has 2 atom stereocenters. The molecular weight excluding hydrogens is 251 g/mol. The summed E-state index contributed by atoms with van der Waals surface area (Å²) in [6.45, 7) is 3.44. The summed E-state index contributed by atoms with van der Waals surface area (Å²) in [5, 5.41) is 8.78. The van der Waals surface area contributed by atoms with Crippen molar-refractivity contribution in [1.82, 2.24) is 0 Å². The van der Waals surface area contributed by atoms with Gasteiger partial charge in [0.25, 0.3) is 0 Å². The maximum Gasteiger partial charge on any atom is 0.306 e. The van der Waals surface area contributed by atoms with E-state index in [1.165, 1.54) is 6.92 Å². The van der Waals surface area contributed by atoms with Gasteiger partial charge in [0.1, 0.15) is 0 Å². The van der Waals surface area contributed by atoms with Crippen LogP contribution >= 0.6 is 7.37 Å². The van der Waals surface area contributed by atoms with E-state index in [0.29, 0.717) is 0 Å². The van der Waals surface area contributed by atoms with Crippen LogP contribution in [0, 0.1) is 5.92 Å². The molecule has 0 bridgehead atoms. The summed E-state index contributed by atoms with van der Waals surface area (Å²) < 4.78 is 12.1. The Morgan fingerprint density at radius 3 is 2.39 bits per heavy atom. The minimum atomic E-state index is -3.45. The Labute approximate surface area is 107 Å². The molecule has 0 saturated carbocycles. The second-order valence-corrected chi connectivity index (χ2v) is 6.92. The van der Waals surface area contributed by atoms with E-state index in [4.69, 9.17) is 5.11 Å². The predicted octanol–water partition coefficient (Wildman–Crippen LogP) is 2.74. The predicted molar refractivity (Wildman–Crippen MR) is 71.0 cm³/mol. The van der Waals surface area contributed by atoms with E-state index >= 15 is 0 Å². The highest BCUT2D eigenvalue weighted by Gasteiger charge is 2.26. The van der Waals surface area contributed by atoms with Crippen molar-refractivity contribution >= 4 is 13.3 Å². The quantitative estimate of drug-likeness (QED) is 0.779. The first kappa shape index (κ1) is 14.9. The standard InChI is InChI=1S/C13H19O4P/c1-3-11-6-4-5-7-12(11)9-18(16,17)8-10(2)13(14)15/h4-7,10H,3,8-9H2,1-2H3,(H,14,15)(H,16,17). The molecule has 0 aliphatic heterocycles. The van der Waals surface area contributed by atoms with Crippen LogP contribution in [0.2, 0.25) is 0 Å². The van der Waals surface area contributed by atoms with Gasteiger partial charge in [0.15, 0.2) is 0 Å². The van der Waals surface area contributed by atoms with Gasteiger partial charge in [0.2, 0.25) is 7.37 Å². The fraction of sp³-hybridized carbons (Fsp3) is 0.462. The first-order valence-electron chi connectivity index (χ1n) is 5.96. The van der Waals surface area contributed by atoms with Crippen LogP contribution < -0.4 is 0 Å². The summed E-state index contributed by atoms with van der Waals surface area (Å²) in [6, 6.07) is 7.47. The van der Waals surface area contributed by atoms with Crippen molar-refractivity contribution in [3.63, 3.8) is 0 Å². The van der Waals surface area contributed by atoms with Crippen LogP contribution in [0.3, 0.4) is 0 Å². The third-order valence-corrected chi connectivity index (χ3v) is 4.85. The fourth-order valence-electron chi connectivity index (χ4n) is 1.89. The Kier molecular flexibility index (Phi) is 5.12. The number of carboxylic acids is 1. The molecule has 0 aliphatic carbocycles. The van der Waals surface area contributed by atoms with Gasteiger partial charge in [-0.05, 0) is 17.5 Å². The number of carbonyl (C=O) groups is 1. The maximum atomic E-state index is 12.1. The smallest absolute Gasteiger partial charge is 0.306 e. The van der Waals surface area contributed by atoms with E-state index in [-0.39, 0.29) is 12.3 Å². The Morgan fingerprint density at radius 1 is 1.33 bits per heavy atom. The van der Waals surface area contributed by atoms with E-state index in [1.807, 2.05) is 31.2 Å². The van der Waals surface area contributed by atoms with Gasteiger partial charge in [-0.25, -0.2) is 0 Å². The van der Waals surface area contributed by atoms with Gasteiger partial charge >= 0.3 is 5.97 Å². The third-order valence-electron chi connectivity index (χ3n) is 2.90. The molecule has 4 nitrogen and oxygen atoms in total. The third kappa shape index (κ3) is 4.28. The van der Waals surface area contributed by atoms with Crippen molar-refractivity contribution in [2.24, 2.45) is 5.92 Å². The summed E-state index contributed by atoms with van der Waals surface area (Å²) in [5.74, 6) is -1.83. The lowest BCUT2D eigenvalue weighted by molar-refractivity contribution is -0.140. The van der Waals surface area contributed by atoms with Gasteiger partial charge in [0.05, 0.1) is 5.92 Å². The second-order valence-electron chi connectivity index (χ2n) is 4.55. The highest BCUT2D eigenvalue weighted by atomic mass is 31.2. The molecule has 0 fully saturated rings. The number of hydrogen-bond donors (Lipinski definition) is 2. The number of rotatable bonds is 6. The van der Waals surface area contributed by atoms with Crippen LogP contribution in [0.4, 0.5) is 0 Å². The number of benzene rings is 1. The molecule has 0 aliphatic rings. The zero-order valence-electron chi connectivity index (χ0n) is 10.7. The van der Waals surface area contributed by atoms with Crippen molar-refractivity contribution in [3.8, 4) is 0 Å². The molecule has 2 N–H and O–H groups in total. The first-order valence-corrected chi connectivity index (χ1v) is 7.99. The zero-order chi connectivity index (χ0) is 13.8. The zero-order valence-corrected chi connectivity index (χ0v) is 11.6. The number of aryl methyl sites for hydroxylation is 1. The van der Waals surface area contributed by atoms with Gasteiger partial charge in [-0.2, -0.15) is 0 Å². The molecule has 0 amide bonds. The molecule has 0 spiro atoms. The fourth-order valence-corrected chi connectivity index (χ4v) is 3.88. The summed E-state index contributed by atoms with van der Waals surface area (Å²) in [6.07, 6.45) is 0.666. The molecule has 0 saturated heterocycles. The maximum absolute atomic E-state index is 12.1. The van der Waals surface area contributed by atoms with Crippen LogP contribution in [0.1, 0.15) is 25.0 Å². The average molecular weight is 270 g/mol. The lowest BCUT2D eigenvalue weighted by atomic mass is 10.1.